The molecule has 0 bridgehead atoms. The van der Waals surface area contributed by atoms with E-state index < -0.39 is 0 Å². The van der Waals surface area contributed by atoms with E-state index in [4.69, 9.17) is 0 Å². The average molecular weight is 314 g/mol. The van der Waals surface area contributed by atoms with E-state index >= 15 is 0 Å². The molecule has 1 fully saturated rings. The normalized spacial score (nSPS) is 19.4. The SMILES string of the molecule is Cc1cc(C(=O)N2CCN(C)CC2c2ccccc2)sc1C. The van der Waals surface area contributed by atoms with E-state index in [9.17, 15) is 4.79 Å². The summed E-state index contributed by atoms with van der Waals surface area (Å²) in [6.45, 7) is 6.75. The molecule has 1 amide bonds. The zero-order valence-electron chi connectivity index (χ0n) is 13.4. The number of likely N-dealkylation sites (N-methyl/N-ethyl adjacent to an activating group) is 1. The van der Waals surface area contributed by atoms with Gasteiger partial charge in [0.25, 0.3) is 5.91 Å². The van der Waals surface area contributed by atoms with Gasteiger partial charge in [-0.25, -0.2) is 0 Å². The molecule has 1 aliphatic rings. The van der Waals surface area contributed by atoms with Crippen molar-refractivity contribution in [2.45, 2.75) is 19.9 Å². The van der Waals surface area contributed by atoms with Crippen LogP contribution in [-0.2, 0) is 0 Å². The van der Waals surface area contributed by atoms with Gasteiger partial charge >= 0.3 is 0 Å². The maximum absolute atomic E-state index is 13.0. The summed E-state index contributed by atoms with van der Waals surface area (Å²) in [5.74, 6) is 0.170. The molecule has 22 heavy (non-hydrogen) atoms. The third kappa shape index (κ3) is 2.94. The first-order valence-corrected chi connectivity index (χ1v) is 8.49. The van der Waals surface area contributed by atoms with Crippen LogP contribution in [0.5, 0.6) is 0 Å². The lowest BCUT2D eigenvalue weighted by Crippen LogP contribution is -2.49. The summed E-state index contributed by atoms with van der Waals surface area (Å²) < 4.78 is 0. The summed E-state index contributed by atoms with van der Waals surface area (Å²) in [7, 11) is 2.12. The van der Waals surface area contributed by atoms with Crippen LogP contribution in [0.1, 0.15) is 31.7 Å². The molecule has 3 rings (SSSR count). The van der Waals surface area contributed by atoms with Gasteiger partial charge in [0.1, 0.15) is 0 Å². The Labute approximate surface area is 136 Å². The molecule has 2 heterocycles. The molecule has 1 unspecified atom stereocenters. The van der Waals surface area contributed by atoms with Gasteiger partial charge in [0.05, 0.1) is 10.9 Å². The fourth-order valence-electron chi connectivity index (χ4n) is 2.94. The largest absolute Gasteiger partial charge is 0.328 e. The lowest BCUT2D eigenvalue weighted by atomic mass is 10.0. The van der Waals surface area contributed by atoms with Crippen LogP contribution in [0.25, 0.3) is 0 Å². The molecule has 0 N–H and O–H groups in total. The number of benzene rings is 1. The average Bonchev–Trinajstić information content (AvgIpc) is 2.87. The third-order valence-electron chi connectivity index (χ3n) is 4.41. The fourth-order valence-corrected chi connectivity index (χ4v) is 3.93. The quantitative estimate of drug-likeness (QED) is 0.847. The maximum Gasteiger partial charge on any atom is 0.264 e. The third-order valence-corrected chi connectivity index (χ3v) is 5.55. The lowest BCUT2D eigenvalue weighted by Gasteiger charge is -2.40. The van der Waals surface area contributed by atoms with Crippen molar-refractivity contribution >= 4 is 17.2 Å². The second-order valence-electron chi connectivity index (χ2n) is 6.04. The van der Waals surface area contributed by atoms with Gasteiger partial charge in [-0.15, -0.1) is 11.3 Å². The topological polar surface area (TPSA) is 23.6 Å². The molecule has 0 aliphatic carbocycles. The number of carbonyl (C=O) groups excluding carboxylic acids is 1. The van der Waals surface area contributed by atoms with Gasteiger partial charge in [-0.3, -0.25) is 4.79 Å². The van der Waals surface area contributed by atoms with Crippen molar-refractivity contribution in [3.8, 4) is 0 Å². The van der Waals surface area contributed by atoms with Crippen LogP contribution in [0, 0.1) is 13.8 Å². The van der Waals surface area contributed by atoms with Gasteiger partial charge in [-0.05, 0) is 38.1 Å². The minimum absolute atomic E-state index is 0.134. The standard InChI is InChI=1S/C18H22N2OS/c1-13-11-17(22-14(13)2)18(21)20-10-9-19(3)12-16(20)15-7-5-4-6-8-15/h4-8,11,16H,9-10,12H2,1-3H3. The van der Waals surface area contributed by atoms with Gasteiger partial charge in [0.2, 0.25) is 0 Å². The zero-order valence-corrected chi connectivity index (χ0v) is 14.2. The highest BCUT2D eigenvalue weighted by Crippen LogP contribution is 2.29. The number of thiophene rings is 1. The molecular formula is C18H22N2OS. The van der Waals surface area contributed by atoms with E-state index in [0.717, 1.165) is 24.5 Å². The van der Waals surface area contributed by atoms with Gasteiger partial charge in [0.15, 0.2) is 0 Å². The van der Waals surface area contributed by atoms with E-state index in [0.29, 0.717) is 0 Å². The first-order chi connectivity index (χ1) is 10.6. The van der Waals surface area contributed by atoms with Crippen molar-refractivity contribution < 1.29 is 4.79 Å². The molecular weight excluding hydrogens is 292 g/mol. The van der Waals surface area contributed by atoms with Crippen LogP contribution >= 0.6 is 11.3 Å². The van der Waals surface area contributed by atoms with Crippen LogP contribution < -0.4 is 0 Å². The van der Waals surface area contributed by atoms with Crippen molar-refractivity contribution in [3.63, 3.8) is 0 Å². The van der Waals surface area contributed by atoms with Gasteiger partial charge in [-0.1, -0.05) is 30.3 Å². The first kappa shape index (κ1) is 15.3. The van der Waals surface area contributed by atoms with E-state index in [2.05, 4.69) is 37.9 Å². The van der Waals surface area contributed by atoms with Crippen molar-refractivity contribution in [2.24, 2.45) is 0 Å². The molecule has 4 heteroatoms. The van der Waals surface area contributed by atoms with Crippen molar-refractivity contribution in [1.29, 1.82) is 0 Å². The number of rotatable bonds is 2. The maximum atomic E-state index is 13.0. The molecule has 1 aromatic carbocycles. The molecule has 116 valence electrons. The first-order valence-electron chi connectivity index (χ1n) is 7.68. The van der Waals surface area contributed by atoms with Gasteiger partial charge < -0.3 is 9.80 Å². The summed E-state index contributed by atoms with van der Waals surface area (Å²) in [6, 6.07) is 12.5. The molecule has 0 spiro atoms. The molecule has 3 nitrogen and oxygen atoms in total. The molecule has 2 aromatic rings. The summed E-state index contributed by atoms with van der Waals surface area (Å²) in [6.07, 6.45) is 0. The Morgan fingerprint density at radius 3 is 2.55 bits per heavy atom. The summed E-state index contributed by atoms with van der Waals surface area (Å²) >= 11 is 1.61. The van der Waals surface area contributed by atoms with Crippen molar-refractivity contribution in [2.75, 3.05) is 26.7 Å². The van der Waals surface area contributed by atoms with E-state index in [1.165, 1.54) is 16.0 Å². The number of nitrogens with zero attached hydrogens (tertiary/aromatic N) is 2. The van der Waals surface area contributed by atoms with Crippen LogP contribution in [0.3, 0.4) is 0 Å². The van der Waals surface area contributed by atoms with E-state index in [-0.39, 0.29) is 11.9 Å². The predicted molar refractivity (Wildman–Crippen MR) is 91.5 cm³/mol. The number of hydrogen-bond donors (Lipinski definition) is 0. The Morgan fingerprint density at radius 2 is 1.91 bits per heavy atom. The molecule has 1 aromatic heterocycles. The number of hydrogen-bond acceptors (Lipinski definition) is 3. The molecule has 0 saturated carbocycles. The second kappa shape index (κ2) is 6.23. The van der Waals surface area contributed by atoms with Gasteiger partial charge in [0, 0.05) is 24.5 Å². The number of amides is 1. The highest BCUT2D eigenvalue weighted by molar-refractivity contribution is 7.14. The minimum Gasteiger partial charge on any atom is -0.328 e. The smallest absolute Gasteiger partial charge is 0.264 e. The number of aryl methyl sites for hydroxylation is 2. The molecule has 1 saturated heterocycles. The van der Waals surface area contributed by atoms with E-state index in [1.807, 2.05) is 29.2 Å². The predicted octanol–water partition coefficient (Wildman–Crippen LogP) is 3.49. The summed E-state index contributed by atoms with van der Waals surface area (Å²) in [4.78, 5) is 19.4. The molecule has 1 atom stereocenters. The number of carbonyl (C=O) groups is 1. The van der Waals surface area contributed by atoms with Crippen LogP contribution in [0.2, 0.25) is 0 Å². The Kier molecular flexibility index (Phi) is 4.32. The monoisotopic (exact) mass is 314 g/mol. The lowest BCUT2D eigenvalue weighted by molar-refractivity contribution is 0.0503. The summed E-state index contributed by atoms with van der Waals surface area (Å²) in [5, 5.41) is 0. The van der Waals surface area contributed by atoms with Gasteiger partial charge in [-0.2, -0.15) is 0 Å². The van der Waals surface area contributed by atoms with Crippen LogP contribution in [0.4, 0.5) is 0 Å². The summed E-state index contributed by atoms with van der Waals surface area (Å²) in [5.41, 5.74) is 2.42. The Bertz CT molecular complexity index is 645. The van der Waals surface area contributed by atoms with Crippen molar-refractivity contribution in [1.82, 2.24) is 9.80 Å². The van der Waals surface area contributed by atoms with E-state index in [1.54, 1.807) is 11.3 Å². The fraction of sp³-hybridized carbons (Fsp3) is 0.389. The Hall–Kier alpha value is -1.65. The highest BCUT2D eigenvalue weighted by atomic mass is 32.1. The Balaban J connectivity index is 1.91. The van der Waals surface area contributed by atoms with Crippen molar-refractivity contribution in [3.05, 3.63) is 57.3 Å². The van der Waals surface area contributed by atoms with Crippen LogP contribution in [0.15, 0.2) is 36.4 Å². The minimum atomic E-state index is 0.134. The molecule has 1 aliphatic heterocycles. The second-order valence-corrected chi connectivity index (χ2v) is 7.29. The number of piperazine rings is 1. The Morgan fingerprint density at radius 1 is 1.18 bits per heavy atom. The zero-order chi connectivity index (χ0) is 15.7. The molecule has 0 radical (unpaired) electrons. The highest BCUT2D eigenvalue weighted by Gasteiger charge is 2.31. The van der Waals surface area contributed by atoms with Crippen LogP contribution in [-0.4, -0.2) is 42.4 Å².